The quantitative estimate of drug-likeness (QED) is 0.251. The van der Waals surface area contributed by atoms with Gasteiger partial charge in [-0.1, -0.05) is 24.3 Å². The fraction of sp³-hybridized carbons (Fsp3) is 0.160. The van der Waals surface area contributed by atoms with Crippen LogP contribution in [-0.2, 0) is 24.3 Å². The molecule has 1 amide bonds. The van der Waals surface area contributed by atoms with Crippen LogP contribution in [-0.4, -0.2) is 36.7 Å². The van der Waals surface area contributed by atoms with Crippen molar-refractivity contribution in [3.63, 3.8) is 0 Å². The molecular weight excluding hydrogens is 480 g/mol. The van der Waals surface area contributed by atoms with E-state index in [-0.39, 0.29) is 54.4 Å². The van der Waals surface area contributed by atoms with E-state index in [1.165, 1.54) is 40.0 Å². The Labute approximate surface area is 207 Å². The van der Waals surface area contributed by atoms with E-state index in [1.54, 1.807) is 36.4 Å². The third-order valence-corrected chi connectivity index (χ3v) is 5.79. The van der Waals surface area contributed by atoms with Crippen LogP contribution in [0.4, 0.5) is 5.69 Å². The van der Waals surface area contributed by atoms with Crippen LogP contribution < -0.4 is 16.3 Å². The van der Waals surface area contributed by atoms with Gasteiger partial charge in [0.05, 0.1) is 36.0 Å². The van der Waals surface area contributed by atoms with Gasteiger partial charge in [0.2, 0.25) is 5.91 Å². The fourth-order valence-corrected chi connectivity index (χ4v) is 3.96. The van der Waals surface area contributed by atoms with E-state index in [4.69, 9.17) is 4.42 Å². The molecule has 186 valence electrons. The number of hydrogen-bond donors (Lipinski definition) is 1. The molecule has 12 nitrogen and oxygen atoms in total. The van der Waals surface area contributed by atoms with Crippen molar-refractivity contribution in [1.29, 1.82) is 0 Å². The van der Waals surface area contributed by atoms with Crippen molar-refractivity contribution in [3.8, 4) is 0 Å². The van der Waals surface area contributed by atoms with Gasteiger partial charge in [-0.2, -0.15) is 5.10 Å². The number of fused-ring (bicyclic) bond motifs is 2. The maximum absolute atomic E-state index is 12.9. The number of non-ortho nitro benzene ring substituents is 1. The fourth-order valence-electron chi connectivity index (χ4n) is 3.96. The summed E-state index contributed by atoms with van der Waals surface area (Å²) in [4.78, 5) is 52.1. The van der Waals surface area contributed by atoms with Crippen LogP contribution in [0.25, 0.3) is 22.0 Å². The van der Waals surface area contributed by atoms with Gasteiger partial charge in [0.25, 0.3) is 11.2 Å². The Kier molecular flexibility index (Phi) is 6.29. The topological polar surface area (TPSA) is 155 Å². The summed E-state index contributed by atoms with van der Waals surface area (Å²) in [6.07, 6.45) is 2.72. The molecule has 1 N–H and O–H groups in total. The number of aromatic nitrogens is 4. The lowest BCUT2D eigenvalue weighted by Crippen LogP contribution is -2.29. The third-order valence-electron chi connectivity index (χ3n) is 5.79. The summed E-state index contributed by atoms with van der Waals surface area (Å²) in [7, 11) is 0. The van der Waals surface area contributed by atoms with Crippen molar-refractivity contribution in [2.24, 2.45) is 0 Å². The molecule has 5 aromatic rings. The lowest BCUT2D eigenvalue weighted by molar-refractivity contribution is -0.384. The molecule has 0 spiro atoms. The normalized spacial score (nSPS) is 11.1. The van der Waals surface area contributed by atoms with Gasteiger partial charge in [-0.25, -0.2) is 9.67 Å². The van der Waals surface area contributed by atoms with Crippen LogP contribution in [0, 0.1) is 10.1 Å². The predicted molar refractivity (Wildman–Crippen MR) is 133 cm³/mol. The smallest absolute Gasteiger partial charge is 0.269 e. The van der Waals surface area contributed by atoms with Crippen LogP contribution in [0.15, 0.2) is 81.1 Å². The van der Waals surface area contributed by atoms with Crippen LogP contribution in [0.5, 0.6) is 0 Å². The van der Waals surface area contributed by atoms with Crippen molar-refractivity contribution < 1.29 is 14.1 Å². The molecule has 0 aliphatic carbocycles. The third kappa shape index (κ3) is 4.98. The zero-order valence-electron chi connectivity index (χ0n) is 19.4. The lowest BCUT2D eigenvalue weighted by Gasteiger charge is -2.08. The maximum atomic E-state index is 12.9. The number of para-hydroxylation sites is 1. The van der Waals surface area contributed by atoms with E-state index < -0.39 is 4.92 Å². The molecule has 0 atom stereocenters. The Hall–Kier alpha value is -5.13. The SMILES string of the molecule is O=C(Cc1cc(=O)c2ccccc2o1)NCCn1ncc2c(=O)n(Cc3ccc([N+](=O)[O-])cc3)cnc21. The average molecular weight is 500 g/mol. The summed E-state index contributed by atoms with van der Waals surface area (Å²) < 4.78 is 8.57. The van der Waals surface area contributed by atoms with Gasteiger partial charge in [0, 0.05) is 24.7 Å². The molecule has 3 aromatic heterocycles. The number of amides is 1. The monoisotopic (exact) mass is 500 g/mol. The van der Waals surface area contributed by atoms with Crippen molar-refractivity contribution in [2.45, 2.75) is 19.5 Å². The molecule has 37 heavy (non-hydrogen) atoms. The molecular formula is C25H20N6O6. The van der Waals surface area contributed by atoms with Gasteiger partial charge in [-0.15, -0.1) is 0 Å². The van der Waals surface area contributed by atoms with Gasteiger partial charge >= 0.3 is 0 Å². The van der Waals surface area contributed by atoms with Gasteiger partial charge in [0.15, 0.2) is 11.1 Å². The zero-order chi connectivity index (χ0) is 25.9. The van der Waals surface area contributed by atoms with Gasteiger partial charge in [-0.3, -0.25) is 29.1 Å². The minimum Gasteiger partial charge on any atom is -0.460 e. The number of benzene rings is 2. The Morgan fingerprint density at radius 3 is 2.65 bits per heavy atom. The number of nitro benzene ring substituents is 1. The molecule has 3 heterocycles. The maximum Gasteiger partial charge on any atom is 0.269 e. The molecule has 0 unspecified atom stereocenters. The number of nitrogens with one attached hydrogen (secondary N) is 1. The summed E-state index contributed by atoms with van der Waals surface area (Å²) in [5.41, 5.74) is 0.972. The van der Waals surface area contributed by atoms with E-state index in [1.807, 2.05) is 0 Å². The largest absolute Gasteiger partial charge is 0.460 e. The van der Waals surface area contributed by atoms with Crippen molar-refractivity contribution >= 4 is 33.6 Å². The Balaban J connectivity index is 1.22. The first kappa shape index (κ1) is 23.6. The lowest BCUT2D eigenvalue weighted by atomic mass is 10.2. The van der Waals surface area contributed by atoms with Crippen LogP contribution in [0.3, 0.4) is 0 Å². The van der Waals surface area contributed by atoms with E-state index in [9.17, 15) is 24.5 Å². The predicted octanol–water partition coefficient (Wildman–Crippen LogP) is 2.01. The number of carbonyl (C=O) groups is 1. The highest BCUT2D eigenvalue weighted by atomic mass is 16.6. The van der Waals surface area contributed by atoms with E-state index in [0.29, 0.717) is 27.6 Å². The molecule has 0 aliphatic heterocycles. The number of rotatable bonds is 8. The molecule has 0 saturated heterocycles. The molecule has 0 radical (unpaired) electrons. The Bertz CT molecular complexity index is 1750. The van der Waals surface area contributed by atoms with Crippen LogP contribution in [0.1, 0.15) is 11.3 Å². The van der Waals surface area contributed by atoms with E-state index >= 15 is 0 Å². The minimum atomic E-state index is -0.485. The van der Waals surface area contributed by atoms with E-state index in [2.05, 4.69) is 15.4 Å². The van der Waals surface area contributed by atoms with Gasteiger partial charge < -0.3 is 9.73 Å². The molecule has 0 fully saturated rings. The summed E-state index contributed by atoms with van der Waals surface area (Å²) >= 11 is 0. The average Bonchev–Trinajstić information content (AvgIpc) is 3.30. The number of carbonyl (C=O) groups excluding carboxylic acids is 1. The molecule has 2 aromatic carbocycles. The van der Waals surface area contributed by atoms with Crippen LogP contribution in [0.2, 0.25) is 0 Å². The highest BCUT2D eigenvalue weighted by Crippen LogP contribution is 2.14. The zero-order valence-corrected chi connectivity index (χ0v) is 19.4. The molecule has 12 heteroatoms. The molecule has 5 rings (SSSR count). The van der Waals surface area contributed by atoms with Crippen molar-refractivity contribution in [1.82, 2.24) is 24.6 Å². The van der Waals surface area contributed by atoms with Crippen molar-refractivity contribution in [3.05, 3.63) is 109 Å². The second kappa shape index (κ2) is 9.85. The summed E-state index contributed by atoms with van der Waals surface area (Å²) in [5.74, 6) is -0.0608. The second-order valence-electron chi connectivity index (χ2n) is 8.31. The number of hydrogen-bond acceptors (Lipinski definition) is 8. The van der Waals surface area contributed by atoms with Crippen LogP contribution >= 0.6 is 0 Å². The Morgan fingerprint density at radius 1 is 1.08 bits per heavy atom. The van der Waals surface area contributed by atoms with Gasteiger partial charge in [-0.05, 0) is 17.7 Å². The summed E-state index contributed by atoms with van der Waals surface area (Å²) in [5, 5.41) is 18.6. The first-order valence-corrected chi connectivity index (χ1v) is 11.3. The molecule has 0 aliphatic rings. The minimum absolute atomic E-state index is 0.0279. The highest BCUT2D eigenvalue weighted by Gasteiger charge is 2.13. The summed E-state index contributed by atoms with van der Waals surface area (Å²) in [6, 6.07) is 14.1. The Morgan fingerprint density at radius 2 is 1.86 bits per heavy atom. The second-order valence-corrected chi connectivity index (χ2v) is 8.31. The van der Waals surface area contributed by atoms with Crippen molar-refractivity contribution in [2.75, 3.05) is 6.54 Å². The van der Waals surface area contributed by atoms with E-state index in [0.717, 1.165) is 0 Å². The number of nitro groups is 1. The molecule has 0 bridgehead atoms. The highest BCUT2D eigenvalue weighted by molar-refractivity contribution is 5.80. The summed E-state index contributed by atoms with van der Waals surface area (Å²) in [6.45, 7) is 0.697. The first-order chi connectivity index (χ1) is 17.9. The first-order valence-electron chi connectivity index (χ1n) is 11.3. The molecule has 0 saturated carbocycles. The van der Waals surface area contributed by atoms with Gasteiger partial charge in [0.1, 0.15) is 23.1 Å². The standard InChI is InChI=1S/C25H20N6O6/c32-21-11-18(37-22-4-2-1-3-19(21)22)12-23(33)26-9-10-30-24-20(13-28-30)25(34)29(15-27-24)14-16-5-7-17(8-6-16)31(35)36/h1-8,11,13,15H,9-10,12,14H2,(H,26,33). The number of nitrogens with zero attached hydrogens (tertiary/aromatic N) is 5.